The Morgan fingerprint density at radius 2 is 2.44 bits per heavy atom. The third-order valence-electron chi connectivity index (χ3n) is 3.85. The number of hydrogen-bond donors (Lipinski definition) is 1. The minimum Gasteiger partial charge on any atom is -0.350 e. The summed E-state index contributed by atoms with van der Waals surface area (Å²) >= 11 is 1.79. The van der Waals surface area contributed by atoms with Gasteiger partial charge in [0.05, 0.1) is 0 Å². The molecule has 5 heteroatoms. The molecular weight excluding hydrogens is 244 g/mol. The van der Waals surface area contributed by atoms with Gasteiger partial charge in [-0.3, -0.25) is 0 Å². The fraction of sp³-hybridized carbons (Fsp3) is 0.769. The van der Waals surface area contributed by atoms with Gasteiger partial charge in [0.15, 0.2) is 5.13 Å². The van der Waals surface area contributed by atoms with Crippen LogP contribution in [0, 0.1) is 0 Å². The molecule has 0 aromatic carbocycles. The zero-order chi connectivity index (χ0) is 13.1. The molecule has 1 saturated heterocycles. The molecule has 1 aliphatic rings. The molecule has 0 bridgehead atoms. The lowest BCUT2D eigenvalue weighted by Crippen LogP contribution is -2.36. The lowest BCUT2D eigenvalue weighted by molar-refractivity contribution is 0.314. The molecule has 0 amide bonds. The molecule has 1 aromatic rings. The summed E-state index contributed by atoms with van der Waals surface area (Å²) in [6.45, 7) is 4.48. The van der Waals surface area contributed by atoms with E-state index in [2.05, 4.69) is 41.1 Å². The van der Waals surface area contributed by atoms with Gasteiger partial charge in [-0.05, 0) is 40.4 Å². The van der Waals surface area contributed by atoms with Crippen LogP contribution in [0.2, 0.25) is 0 Å². The van der Waals surface area contributed by atoms with Crippen molar-refractivity contribution in [3.05, 3.63) is 11.1 Å². The fourth-order valence-electron chi connectivity index (χ4n) is 2.40. The number of likely N-dealkylation sites (tertiary alicyclic amines) is 1. The van der Waals surface area contributed by atoms with E-state index in [1.165, 1.54) is 24.3 Å². The van der Waals surface area contributed by atoms with Gasteiger partial charge in [-0.2, -0.15) is 0 Å². The number of anilines is 1. The summed E-state index contributed by atoms with van der Waals surface area (Å²) in [5.74, 6) is 0. The Labute approximate surface area is 114 Å². The highest BCUT2D eigenvalue weighted by atomic mass is 32.1. The number of aromatic nitrogens is 1. The second-order valence-corrected chi connectivity index (χ2v) is 6.25. The Kier molecular flexibility index (Phi) is 4.59. The fourth-order valence-corrected chi connectivity index (χ4v) is 3.35. The van der Waals surface area contributed by atoms with Crippen molar-refractivity contribution in [3.8, 4) is 0 Å². The molecule has 2 atom stereocenters. The SMILES string of the molecule is CNC(C)c1cnc(N(C)CC2CCCN2C)s1. The molecular formula is C13H24N4S. The van der Waals surface area contributed by atoms with E-state index in [9.17, 15) is 0 Å². The van der Waals surface area contributed by atoms with Crippen LogP contribution in [0.1, 0.15) is 30.7 Å². The summed E-state index contributed by atoms with van der Waals surface area (Å²) in [6, 6.07) is 1.07. The van der Waals surface area contributed by atoms with Gasteiger partial charge in [-0.1, -0.05) is 0 Å². The second-order valence-electron chi connectivity index (χ2n) is 5.21. The molecule has 0 radical (unpaired) electrons. The molecule has 0 saturated carbocycles. The van der Waals surface area contributed by atoms with Crippen LogP contribution in [0.3, 0.4) is 0 Å². The Morgan fingerprint density at radius 1 is 1.67 bits per heavy atom. The summed E-state index contributed by atoms with van der Waals surface area (Å²) in [7, 11) is 6.36. The quantitative estimate of drug-likeness (QED) is 0.884. The predicted octanol–water partition coefficient (Wildman–Crippen LogP) is 1.95. The van der Waals surface area contributed by atoms with E-state index in [-0.39, 0.29) is 0 Å². The van der Waals surface area contributed by atoms with Crippen LogP contribution in [0.4, 0.5) is 5.13 Å². The standard InChI is InChI=1S/C13H24N4S/c1-10(14-2)12-8-15-13(18-12)17(4)9-11-6-5-7-16(11)3/h8,10-11,14H,5-7,9H2,1-4H3. The van der Waals surface area contributed by atoms with Crippen LogP contribution in [0.25, 0.3) is 0 Å². The summed E-state index contributed by atoms with van der Waals surface area (Å²) in [6.07, 6.45) is 4.64. The first-order chi connectivity index (χ1) is 8.61. The minimum absolute atomic E-state index is 0.388. The van der Waals surface area contributed by atoms with E-state index in [4.69, 9.17) is 0 Å². The number of thiazole rings is 1. The number of nitrogens with zero attached hydrogens (tertiary/aromatic N) is 3. The molecule has 2 unspecified atom stereocenters. The highest BCUT2D eigenvalue weighted by molar-refractivity contribution is 7.15. The first kappa shape index (κ1) is 13.8. The van der Waals surface area contributed by atoms with Crippen LogP contribution < -0.4 is 10.2 Å². The van der Waals surface area contributed by atoms with Crippen molar-refractivity contribution < 1.29 is 0 Å². The molecule has 0 spiro atoms. The van der Waals surface area contributed by atoms with Crippen molar-refractivity contribution in [3.63, 3.8) is 0 Å². The molecule has 0 aliphatic carbocycles. The summed E-state index contributed by atoms with van der Waals surface area (Å²) in [5, 5.41) is 4.39. The van der Waals surface area contributed by atoms with Gasteiger partial charge in [0, 0.05) is 36.8 Å². The van der Waals surface area contributed by atoms with E-state index >= 15 is 0 Å². The second kappa shape index (κ2) is 5.99. The topological polar surface area (TPSA) is 31.4 Å². The van der Waals surface area contributed by atoms with E-state index < -0.39 is 0 Å². The van der Waals surface area contributed by atoms with Crippen molar-refractivity contribution >= 4 is 16.5 Å². The molecule has 102 valence electrons. The van der Waals surface area contributed by atoms with Crippen molar-refractivity contribution in [2.24, 2.45) is 0 Å². The molecule has 1 aromatic heterocycles. The highest BCUT2D eigenvalue weighted by Gasteiger charge is 2.23. The maximum absolute atomic E-state index is 4.54. The average Bonchev–Trinajstić information content (AvgIpc) is 2.98. The third kappa shape index (κ3) is 3.02. The molecule has 1 fully saturated rings. The Hall–Kier alpha value is -0.650. The van der Waals surface area contributed by atoms with Crippen molar-refractivity contribution in [1.82, 2.24) is 15.2 Å². The number of likely N-dealkylation sites (N-methyl/N-ethyl adjacent to an activating group) is 2. The molecule has 2 rings (SSSR count). The molecule has 1 aliphatic heterocycles. The number of hydrogen-bond acceptors (Lipinski definition) is 5. The van der Waals surface area contributed by atoms with Gasteiger partial charge in [0.2, 0.25) is 0 Å². The van der Waals surface area contributed by atoms with Crippen LogP contribution in [-0.4, -0.2) is 50.2 Å². The van der Waals surface area contributed by atoms with Crippen molar-refractivity contribution in [1.29, 1.82) is 0 Å². The average molecular weight is 268 g/mol. The molecule has 18 heavy (non-hydrogen) atoms. The molecule has 2 heterocycles. The largest absolute Gasteiger partial charge is 0.350 e. The third-order valence-corrected chi connectivity index (χ3v) is 5.15. The lowest BCUT2D eigenvalue weighted by atomic mass is 10.2. The zero-order valence-electron chi connectivity index (χ0n) is 11.8. The summed E-state index contributed by atoms with van der Waals surface area (Å²) < 4.78 is 0. The van der Waals surface area contributed by atoms with Gasteiger partial charge in [-0.25, -0.2) is 4.98 Å². The number of rotatable bonds is 5. The van der Waals surface area contributed by atoms with Crippen LogP contribution in [0.5, 0.6) is 0 Å². The van der Waals surface area contributed by atoms with E-state index in [0.717, 1.165) is 11.7 Å². The monoisotopic (exact) mass is 268 g/mol. The van der Waals surface area contributed by atoms with E-state index in [1.807, 2.05) is 13.2 Å². The Balaban J connectivity index is 1.96. The Bertz CT molecular complexity index is 379. The van der Waals surface area contributed by atoms with Crippen LogP contribution in [-0.2, 0) is 0 Å². The summed E-state index contributed by atoms with van der Waals surface area (Å²) in [4.78, 5) is 10.6. The number of nitrogens with one attached hydrogen (secondary N) is 1. The van der Waals surface area contributed by atoms with Gasteiger partial charge >= 0.3 is 0 Å². The Morgan fingerprint density at radius 3 is 3.06 bits per heavy atom. The highest BCUT2D eigenvalue weighted by Crippen LogP contribution is 2.27. The first-order valence-corrected chi connectivity index (χ1v) is 7.48. The maximum atomic E-state index is 4.54. The lowest BCUT2D eigenvalue weighted by Gasteiger charge is -2.25. The van der Waals surface area contributed by atoms with Crippen molar-refractivity contribution in [2.45, 2.75) is 31.8 Å². The van der Waals surface area contributed by atoms with Crippen molar-refractivity contribution in [2.75, 3.05) is 39.1 Å². The maximum Gasteiger partial charge on any atom is 0.185 e. The van der Waals surface area contributed by atoms with Gasteiger partial charge in [-0.15, -0.1) is 11.3 Å². The van der Waals surface area contributed by atoms with E-state index in [1.54, 1.807) is 11.3 Å². The van der Waals surface area contributed by atoms with E-state index in [0.29, 0.717) is 12.1 Å². The zero-order valence-corrected chi connectivity index (χ0v) is 12.6. The van der Waals surface area contributed by atoms with Crippen LogP contribution >= 0.6 is 11.3 Å². The van der Waals surface area contributed by atoms with Gasteiger partial charge in [0.25, 0.3) is 0 Å². The molecule has 1 N–H and O–H groups in total. The van der Waals surface area contributed by atoms with Gasteiger partial charge in [0.1, 0.15) is 0 Å². The summed E-state index contributed by atoms with van der Waals surface area (Å²) in [5.41, 5.74) is 0. The first-order valence-electron chi connectivity index (χ1n) is 6.66. The molecule has 4 nitrogen and oxygen atoms in total. The smallest absolute Gasteiger partial charge is 0.185 e. The van der Waals surface area contributed by atoms with Gasteiger partial charge < -0.3 is 15.1 Å². The van der Waals surface area contributed by atoms with Crippen LogP contribution in [0.15, 0.2) is 6.20 Å². The minimum atomic E-state index is 0.388. The normalized spacial score (nSPS) is 22.3. The predicted molar refractivity (Wildman–Crippen MR) is 78.5 cm³/mol.